The first-order valence-electron chi connectivity index (χ1n) is 8.47. The highest BCUT2D eigenvalue weighted by Gasteiger charge is 2.33. The molecular formula is C18H25N3O2. The lowest BCUT2D eigenvalue weighted by atomic mass is 10.0. The Kier molecular flexibility index (Phi) is 5.08. The Hall–Kier alpha value is -1.72. The topological polar surface area (TPSA) is 62.4 Å². The molecule has 1 aliphatic rings. The summed E-state index contributed by atoms with van der Waals surface area (Å²) in [6, 6.07) is 10.3. The first-order valence-corrected chi connectivity index (χ1v) is 8.47. The molecule has 0 amide bonds. The first kappa shape index (κ1) is 16.1. The molecule has 1 N–H and O–H groups in total. The van der Waals surface area contributed by atoms with Crippen molar-refractivity contribution >= 4 is 0 Å². The smallest absolute Gasteiger partial charge is 0.240 e. The highest BCUT2D eigenvalue weighted by molar-refractivity contribution is 5.14. The normalized spacial score (nSPS) is 17.0. The van der Waals surface area contributed by atoms with E-state index in [1.165, 1.54) is 5.56 Å². The van der Waals surface area contributed by atoms with E-state index in [1.807, 2.05) is 25.1 Å². The van der Waals surface area contributed by atoms with Gasteiger partial charge in [-0.25, -0.2) is 0 Å². The molecule has 1 aromatic carbocycles. The summed E-state index contributed by atoms with van der Waals surface area (Å²) >= 11 is 0. The van der Waals surface area contributed by atoms with E-state index in [-0.39, 0.29) is 0 Å². The lowest BCUT2D eigenvalue weighted by Gasteiger charge is -2.30. The van der Waals surface area contributed by atoms with Gasteiger partial charge in [-0.15, -0.1) is 0 Å². The van der Waals surface area contributed by atoms with Gasteiger partial charge in [-0.05, 0) is 18.4 Å². The standard InChI is InChI=1S/C18H25N3O2/c1-2-16-19-17(23-20-16)13-21(12-15-8-4-3-5-9-15)14-18(22)10-6-7-11-18/h3-5,8-9,22H,2,6-7,10-14H2,1H3. The van der Waals surface area contributed by atoms with Gasteiger partial charge in [-0.2, -0.15) is 4.98 Å². The number of benzene rings is 1. The number of hydrogen-bond donors (Lipinski definition) is 1. The van der Waals surface area contributed by atoms with E-state index in [0.717, 1.165) is 44.5 Å². The van der Waals surface area contributed by atoms with Gasteiger partial charge in [-0.3, -0.25) is 4.90 Å². The minimum atomic E-state index is -0.581. The average Bonchev–Trinajstić information content (AvgIpc) is 3.17. The second-order valence-corrected chi connectivity index (χ2v) is 6.52. The predicted molar refractivity (Wildman–Crippen MR) is 87.6 cm³/mol. The summed E-state index contributed by atoms with van der Waals surface area (Å²) < 4.78 is 5.34. The maximum Gasteiger partial charge on any atom is 0.240 e. The van der Waals surface area contributed by atoms with E-state index < -0.39 is 5.60 Å². The zero-order valence-electron chi connectivity index (χ0n) is 13.7. The van der Waals surface area contributed by atoms with E-state index in [2.05, 4.69) is 27.2 Å². The molecule has 124 valence electrons. The van der Waals surface area contributed by atoms with Crippen molar-refractivity contribution in [1.82, 2.24) is 15.0 Å². The zero-order valence-corrected chi connectivity index (χ0v) is 13.7. The predicted octanol–water partition coefficient (Wildman–Crippen LogP) is 2.94. The molecule has 23 heavy (non-hydrogen) atoms. The van der Waals surface area contributed by atoms with Crippen LogP contribution in [0.5, 0.6) is 0 Å². The molecule has 0 radical (unpaired) electrons. The van der Waals surface area contributed by atoms with Crippen LogP contribution in [0.2, 0.25) is 0 Å². The molecule has 2 aromatic rings. The van der Waals surface area contributed by atoms with Gasteiger partial charge in [0.15, 0.2) is 5.82 Å². The van der Waals surface area contributed by atoms with Gasteiger partial charge in [0.1, 0.15) is 0 Å². The molecular weight excluding hydrogens is 290 g/mol. The molecule has 0 aliphatic heterocycles. The third kappa shape index (κ3) is 4.39. The van der Waals surface area contributed by atoms with Crippen molar-refractivity contribution in [3.05, 3.63) is 47.6 Å². The Morgan fingerprint density at radius 3 is 2.57 bits per heavy atom. The first-order chi connectivity index (χ1) is 11.2. The van der Waals surface area contributed by atoms with Gasteiger partial charge in [0.2, 0.25) is 5.89 Å². The summed E-state index contributed by atoms with van der Waals surface area (Å²) in [6.45, 7) is 4.00. The molecule has 1 aromatic heterocycles. The molecule has 0 saturated heterocycles. The Balaban J connectivity index is 1.72. The van der Waals surface area contributed by atoms with Gasteiger partial charge in [-0.1, -0.05) is 55.3 Å². The van der Waals surface area contributed by atoms with Crippen LogP contribution in [0.3, 0.4) is 0 Å². The number of hydrogen-bond acceptors (Lipinski definition) is 5. The van der Waals surface area contributed by atoms with Crippen molar-refractivity contribution in [3.8, 4) is 0 Å². The number of rotatable bonds is 7. The Bertz CT molecular complexity index is 606. The van der Waals surface area contributed by atoms with Crippen molar-refractivity contribution in [2.24, 2.45) is 0 Å². The second-order valence-electron chi connectivity index (χ2n) is 6.52. The summed E-state index contributed by atoms with van der Waals surface area (Å²) in [7, 11) is 0. The summed E-state index contributed by atoms with van der Waals surface area (Å²) in [5.41, 5.74) is 0.645. The minimum absolute atomic E-state index is 0.574. The fraction of sp³-hybridized carbons (Fsp3) is 0.556. The fourth-order valence-electron chi connectivity index (χ4n) is 3.31. The number of aliphatic hydroxyl groups is 1. The van der Waals surface area contributed by atoms with E-state index in [1.54, 1.807) is 0 Å². The molecule has 5 nitrogen and oxygen atoms in total. The zero-order chi connectivity index (χ0) is 16.1. The molecule has 1 saturated carbocycles. The number of aromatic nitrogens is 2. The van der Waals surface area contributed by atoms with Crippen molar-refractivity contribution in [1.29, 1.82) is 0 Å². The molecule has 0 unspecified atom stereocenters. The van der Waals surface area contributed by atoms with E-state index >= 15 is 0 Å². The minimum Gasteiger partial charge on any atom is -0.389 e. The van der Waals surface area contributed by atoms with Crippen molar-refractivity contribution < 1.29 is 9.63 Å². The van der Waals surface area contributed by atoms with Gasteiger partial charge in [0, 0.05) is 19.5 Å². The summed E-state index contributed by atoms with van der Waals surface area (Å²) in [6.07, 6.45) is 4.74. The molecule has 1 aliphatic carbocycles. The van der Waals surface area contributed by atoms with E-state index in [4.69, 9.17) is 4.52 Å². The van der Waals surface area contributed by atoms with Crippen LogP contribution in [-0.2, 0) is 19.5 Å². The molecule has 3 rings (SSSR count). The molecule has 0 atom stereocenters. The van der Waals surface area contributed by atoms with Gasteiger partial charge >= 0.3 is 0 Å². The molecule has 0 bridgehead atoms. The molecule has 5 heteroatoms. The Labute approximate surface area is 137 Å². The Morgan fingerprint density at radius 2 is 1.91 bits per heavy atom. The summed E-state index contributed by atoms with van der Waals surface area (Å²) in [5, 5.41) is 14.7. The van der Waals surface area contributed by atoms with Crippen LogP contribution in [0.25, 0.3) is 0 Å². The van der Waals surface area contributed by atoms with E-state index in [0.29, 0.717) is 19.0 Å². The second kappa shape index (κ2) is 7.23. The van der Waals surface area contributed by atoms with Crippen LogP contribution < -0.4 is 0 Å². The van der Waals surface area contributed by atoms with Gasteiger partial charge < -0.3 is 9.63 Å². The maximum atomic E-state index is 10.8. The number of nitrogens with zero attached hydrogens (tertiary/aromatic N) is 3. The lowest BCUT2D eigenvalue weighted by molar-refractivity contribution is 0.00195. The molecule has 0 spiro atoms. The summed E-state index contributed by atoms with van der Waals surface area (Å²) in [4.78, 5) is 6.62. The quantitative estimate of drug-likeness (QED) is 0.851. The van der Waals surface area contributed by atoms with Crippen LogP contribution in [-0.4, -0.2) is 32.3 Å². The largest absolute Gasteiger partial charge is 0.389 e. The van der Waals surface area contributed by atoms with Crippen LogP contribution in [0, 0.1) is 0 Å². The number of aryl methyl sites for hydroxylation is 1. The van der Waals surface area contributed by atoms with Crippen molar-refractivity contribution in [2.45, 2.75) is 57.7 Å². The Morgan fingerprint density at radius 1 is 1.17 bits per heavy atom. The molecule has 1 fully saturated rings. The molecule has 1 heterocycles. The lowest BCUT2D eigenvalue weighted by Crippen LogP contribution is -2.40. The maximum absolute atomic E-state index is 10.8. The summed E-state index contributed by atoms with van der Waals surface area (Å²) in [5.74, 6) is 1.36. The monoisotopic (exact) mass is 315 g/mol. The van der Waals surface area contributed by atoms with Gasteiger partial charge in [0.05, 0.1) is 12.1 Å². The highest BCUT2D eigenvalue weighted by Crippen LogP contribution is 2.31. The fourth-order valence-corrected chi connectivity index (χ4v) is 3.31. The van der Waals surface area contributed by atoms with Crippen molar-refractivity contribution in [2.75, 3.05) is 6.54 Å². The van der Waals surface area contributed by atoms with Crippen LogP contribution in [0.1, 0.15) is 49.9 Å². The SMILES string of the molecule is CCc1noc(CN(Cc2ccccc2)CC2(O)CCCC2)n1. The van der Waals surface area contributed by atoms with E-state index in [9.17, 15) is 5.11 Å². The third-order valence-electron chi connectivity index (χ3n) is 4.49. The van der Waals surface area contributed by atoms with Crippen LogP contribution >= 0.6 is 0 Å². The average molecular weight is 315 g/mol. The van der Waals surface area contributed by atoms with Crippen LogP contribution in [0.4, 0.5) is 0 Å². The van der Waals surface area contributed by atoms with Gasteiger partial charge in [0.25, 0.3) is 0 Å². The van der Waals surface area contributed by atoms with Crippen molar-refractivity contribution in [3.63, 3.8) is 0 Å². The highest BCUT2D eigenvalue weighted by atomic mass is 16.5. The van der Waals surface area contributed by atoms with Crippen LogP contribution in [0.15, 0.2) is 34.9 Å². The third-order valence-corrected chi connectivity index (χ3v) is 4.49.